The summed E-state index contributed by atoms with van der Waals surface area (Å²) in [5, 5.41) is 14.6. The number of aryl methyl sites for hydroxylation is 1. The third-order valence-corrected chi connectivity index (χ3v) is 4.54. The van der Waals surface area contributed by atoms with E-state index in [1.54, 1.807) is 6.20 Å². The van der Waals surface area contributed by atoms with Gasteiger partial charge < -0.3 is 10.4 Å². The Morgan fingerprint density at radius 1 is 1.43 bits per heavy atom. The van der Waals surface area contributed by atoms with Crippen LogP contribution in [0.4, 0.5) is 0 Å². The highest BCUT2D eigenvalue weighted by Gasteiger charge is 2.21. The van der Waals surface area contributed by atoms with Crippen molar-refractivity contribution >= 4 is 23.2 Å². The van der Waals surface area contributed by atoms with Crippen molar-refractivity contribution in [2.24, 2.45) is 5.92 Å². The van der Waals surface area contributed by atoms with Crippen molar-refractivity contribution in [1.82, 2.24) is 14.9 Å². The minimum Gasteiger partial charge on any atom is -0.481 e. The largest absolute Gasteiger partial charge is 0.481 e. The molecule has 2 aromatic rings. The Hall–Kier alpha value is -2.15. The Labute approximate surface area is 139 Å². The zero-order chi connectivity index (χ0) is 17.0. The van der Waals surface area contributed by atoms with E-state index in [1.165, 1.54) is 11.3 Å². The molecule has 1 amide bonds. The van der Waals surface area contributed by atoms with Crippen molar-refractivity contribution in [2.45, 2.75) is 33.6 Å². The molecule has 0 bridgehead atoms. The molecule has 0 saturated heterocycles. The van der Waals surface area contributed by atoms with Crippen molar-refractivity contribution < 1.29 is 14.7 Å². The second-order valence-electron chi connectivity index (χ2n) is 5.47. The lowest BCUT2D eigenvalue weighted by Crippen LogP contribution is -2.33. The average Bonchev–Trinajstić information content (AvgIpc) is 3.11. The normalized spacial score (nSPS) is 12.1. The van der Waals surface area contributed by atoms with E-state index in [2.05, 4.69) is 10.3 Å². The molecule has 2 N–H and O–H groups in total. The van der Waals surface area contributed by atoms with Crippen LogP contribution < -0.4 is 5.32 Å². The molecule has 1 atom stereocenters. The third-order valence-electron chi connectivity index (χ3n) is 3.78. The average molecular weight is 335 g/mol. The highest BCUT2D eigenvalue weighted by molar-refractivity contribution is 7.12. The Bertz CT molecular complexity index is 692. The number of carbonyl (C=O) groups excluding carboxylic acids is 1. The van der Waals surface area contributed by atoms with Crippen LogP contribution in [0, 0.1) is 19.8 Å². The Balaban J connectivity index is 2.14. The highest BCUT2D eigenvalue weighted by Crippen LogP contribution is 2.22. The molecule has 2 aromatic heterocycles. The van der Waals surface area contributed by atoms with Gasteiger partial charge in [-0.2, -0.15) is 0 Å². The number of nitrogens with zero attached hydrogens (tertiary/aromatic N) is 2. The van der Waals surface area contributed by atoms with Gasteiger partial charge in [0, 0.05) is 29.5 Å². The second kappa shape index (κ2) is 7.41. The van der Waals surface area contributed by atoms with Crippen molar-refractivity contribution in [3.05, 3.63) is 34.6 Å². The van der Waals surface area contributed by atoms with E-state index in [4.69, 9.17) is 5.11 Å². The molecule has 23 heavy (non-hydrogen) atoms. The molecule has 0 aliphatic rings. The van der Waals surface area contributed by atoms with Crippen molar-refractivity contribution in [1.29, 1.82) is 0 Å². The van der Waals surface area contributed by atoms with Crippen molar-refractivity contribution in [3.63, 3.8) is 0 Å². The van der Waals surface area contributed by atoms with Crippen LogP contribution >= 0.6 is 11.3 Å². The summed E-state index contributed by atoms with van der Waals surface area (Å²) in [6.07, 6.45) is 3.04. The smallest absolute Gasteiger partial charge is 0.308 e. The number of thiazole rings is 1. The minimum atomic E-state index is -0.875. The second-order valence-corrected chi connectivity index (χ2v) is 6.34. The number of aliphatic carboxylic acids is 1. The predicted octanol–water partition coefficient (Wildman–Crippen LogP) is 2.78. The monoisotopic (exact) mass is 335 g/mol. The highest BCUT2D eigenvalue weighted by atomic mass is 32.1. The first kappa shape index (κ1) is 17.2. The molecule has 2 rings (SSSR count). The summed E-state index contributed by atoms with van der Waals surface area (Å²) >= 11 is 1.50. The van der Waals surface area contributed by atoms with Crippen LogP contribution in [0.3, 0.4) is 0 Å². The summed E-state index contributed by atoms with van der Waals surface area (Å²) < 4.78 is 1.93. The first-order valence-electron chi connectivity index (χ1n) is 7.55. The number of carboxylic acids is 1. The molecule has 1 unspecified atom stereocenters. The molecule has 2 heterocycles. The van der Waals surface area contributed by atoms with E-state index < -0.39 is 11.9 Å². The van der Waals surface area contributed by atoms with Gasteiger partial charge in [0.25, 0.3) is 5.91 Å². The van der Waals surface area contributed by atoms with Gasteiger partial charge in [0.15, 0.2) is 5.13 Å². The molecule has 0 spiro atoms. The summed E-state index contributed by atoms with van der Waals surface area (Å²) in [6, 6.07) is 1.81. The zero-order valence-electron chi connectivity index (χ0n) is 13.5. The Morgan fingerprint density at radius 3 is 2.74 bits per heavy atom. The lowest BCUT2D eigenvalue weighted by atomic mass is 10.0. The molecule has 0 fully saturated rings. The minimum absolute atomic E-state index is 0.142. The van der Waals surface area contributed by atoms with Gasteiger partial charge in [0.1, 0.15) is 0 Å². The van der Waals surface area contributed by atoms with Gasteiger partial charge in [-0.25, -0.2) is 4.98 Å². The molecule has 0 aliphatic carbocycles. The predicted molar refractivity (Wildman–Crippen MR) is 89.3 cm³/mol. The quantitative estimate of drug-likeness (QED) is 0.815. The lowest BCUT2D eigenvalue weighted by molar-refractivity contribution is -0.141. The molecular formula is C16H21N3O3S. The van der Waals surface area contributed by atoms with Crippen molar-refractivity contribution in [2.75, 3.05) is 6.54 Å². The SMILES string of the molecule is CCCC(CNC(=O)c1cc(C)n(-c2nccs2)c1C)C(=O)O. The van der Waals surface area contributed by atoms with E-state index >= 15 is 0 Å². The maximum Gasteiger partial charge on any atom is 0.308 e. The number of aromatic nitrogens is 2. The standard InChI is InChI=1S/C16H21N3O3S/c1-4-5-12(15(21)22)9-18-14(20)13-8-10(2)19(11(13)3)16-17-6-7-23-16/h6-8,12H,4-5,9H2,1-3H3,(H,18,20)(H,21,22). The summed E-state index contributed by atoms with van der Waals surface area (Å²) in [5.74, 6) is -1.67. The molecule has 0 aromatic carbocycles. The van der Waals surface area contributed by atoms with Gasteiger partial charge in [-0.05, 0) is 26.3 Å². The van der Waals surface area contributed by atoms with Crippen molar-refractivity contribution in [3.8, 4) is 5.13 Å². The number of carbonyl (C=O) groups is 2. The van der Waals surface area contributed by atoms with Crippen LogP contribution in [-0.4, -0.2) is 33.1 Å². The van der Waals surface area contributed by atoms with Gasteiger partial charge in [-0.1, -0.05) is 13.3 Å². The van der Waals surface area contributed by atoms with Crippen LogP contribution in [0.2, 0.25) is 0 Å². The van der Waals surface area contributed by atoms with E-state index in [0.29, 0.717) is 12.0 Å². The maximum absolute atomic E-state index is 12.4. The first-order chi connectivity index (χ1) is 11.0. The number of hydrogen-bond acceptors (Lipinski definition) is 4. The van der Waals surface area contributed by atoms with Gasteiger partial charge in [-0.15, -0.1) is 11.3 Å². The number of carboxylic acid groups (broad SMARTS) is 1. The van der Waals surface area contributed by atoms with E-state index in [9.17, 15) is 9.59 Å². The fourth-order valence-electron chi connectivity index (χ4n) is 2.59. The Kier molecular flexibility index (Phi) is 5.54. The Morgan fingerprint density at radius 2 is 2.17 bits per heavy atom. The topological polar surface area (TPSA) is 84.2 Å². The maximum atomic E-state index is 12.4. The van der Waals surface area contributed by atoms with Gasteiger partial charge in [0.2, 0.25) is 0 Å². The molecule has 6 nitrogen and oxygen atoms in total. The first-order valence-corrected chi connectivity index (χ1v) is 8.43. The van der Waals surface area contributed by atoms with Crippen LogP contribution in [0.25, 0.3) is 5.13 Å². The zero-order valence-corrected chi connectivity index (χ0v) is 14.3. The van der Waals surface area contributed by atoms with Crippen LogP contribution in [0.15, 0.2) is 17.6 Å². The molecule has 124 valence electrons. The molecule has 7 heteroatoms. The number of rotatable bonds is 7. The fraction of sp³-hybridized carbons (Fsp3) is 0.438. The van der Waals surface area contributed by atoms with E-state index in [0.717, 1.165) is 22.9 Å². The van der Waals surface area contributed by atoms with Gasteiger partial charge in [-0.3, -0.25) is 14.2 Å². The summed E-state index contributed by atoms with van der Waals surface area (Å²) in [6.45, 7) is 5.86. The number of amides is 1. The fourth-order valence-corrected chi connectivity index (χ4v) is 3.34. The molecule has 0 aliphatic heterocycles. The third kappa shape index (κ3) is 3.79. The van der Waals surface area contributed by atoms with Crippen LogP contribution in [-0.2, 0) is 4.79 Å². The number of nitrogens with one attached hydrogen (secondary N) is 1. The van der Waals surface area contributed by atoms with Crippen LogP contribution in [0.5, 0.6) is 0 Å². The summed E-state index contributed by atoms with van der Waals surface area (Å²) in [5.41, 5.74) is 2.28. The number of hydrogen-bond donors (Lipinski definition) is 2. The summed E-state index contributed by atoms with van der Waals surface area (Å²) in [4.78, 5) is 27.8. The van der Waals surface area contributed by atoms with Gasteiger partial charge >= 0.3 is 5.97 Å². The van der Waals surface area contributed by atoms with E-state index in [1.807, 2.05) is 36.8 Å². The molecule has 0 radical (unpaired) electrons. The molecular weight excluding hydrogens is 314 g/mol. The van der Waals surface area contributed by atoms with Gasteiger partial charge in [0.05, 0.1) is 11.5 Å². The lowest BCUT2D eigenvalue weighted by Gasteiger charge is -2.12. The van der Waals surface area contributed by atoms with Crippen LogP contribution in [0.1, 0.15) is 41.5 Å². The molecule has 0 saturated carbocycles. The van der Waals surface area contributed by atoms with E-state index in [-0.39, 0.29) is 12.5 Å². The summed E-state index contributed by atoms with van der Waals surface area (Å²) in [7, 11) is 0.